The van der Waals surface area contributed by atoms with Crippen molar-refractivity contribution < 1.29 is 0 Å². The number of rotatable bonds is 1. The molecule has 0 spiro atoms. The summed E-state index contributed by atoms with van der Waals surface area (Å²) < 4.78 is 0. The lowest BCUT2D eigenvalue weighted by atomic mass is 9.90. The molecule has 0 amide bonds. The van der Waals surface area contributed by atoms with Crippen LogP contribution in [0.3, 0.4) is 0 Å². The summed E-state index contributed by atoms with van der Waals surface area (Å²) in [6, 6.07) is 0. The molecule has 2 aliphatic heterocycles. The Morgan fingerprint density at radius 1 is 1.42 bits per heavy atom. The summed E-state index contributed by atoms with van der Waals surface area (Å²) >= 11 is 0. The van der Waals surface area contributed by atoms with Gasteiger partial charge < -0.3 is 5.32 Å². The largest absolute Gasteiger partial charge is 0.317 e. The molecule has 0 radical (unpaired) electrons. The number of nitrogens with one attached hydrogen (secondary N) is 1. The van der Waals surface area contributed by atoms with Crippen LogP contribution in [0.2, 0.25) is 0 Å². The third-order valence-electron chi connectivity index (χ3n) is 2.77. The van der Waals surface area contributed by atoms with E-state index in [0.717, 1.165) is 12.5 Å². The van der Waals surface area contributed by atoms with Crippen LogP contribution in [0, 0.1) is 5.92 Å². The van der Waals surface area contributed by atoms with E-state index < -0.39 is 0 Å². The molecule has 1 N–H and O–H groups in total. The molecule has 0 saturated carbocycles. The van der Waals surface area contributed by atoms with Gasteiger partial charge in [0.2, 0.25) is 0 Å². The zero-order chi connectivity index (χ0) is 8.39. The molecule has 2 aliphatic rings. The van der Waals surface area contributed by atoms with Crippen LogP contribution in [-0.4, -0.2) is 25.3 Å². The third-order valence-corrected chi connectivity index (χ3v) is 2.77. The number of nitrogens with zero attached hydrogens (tertiary/aromatic N) is 1. The normalized spacial score (nSPS) is 25.4. The van der Waals surface area contributed by atoms with Gasteiger partial charge in [-0.3, -0.25) is 4.99 Å². The van der Waals surface area contributed by atoms with Gasteiger partial charge in [-0.25, -0.2) is 0 Å². The first-order valence-corrected chi connectivity index (χ1v) is 4.78. The smallest absolute Gasteiger partial charge is 0.0609 e. The van der Waals surface area contributed by atoms with Gasteiger partial charge in [0.05, 0.1) is 6.54 Å². The fourth-order valence-corrected chi connectivity index (χ4v) is 2.02. The zero-order valence-corrected chi connectivity index (χ0v) is 7.64. The van der Waals surface area contributed by atoms with Crippen LogP contribution < -0.4 is 5.32 Å². The fourth-order valence-electron chi connectivity index (χ4n) is 2.02. The molecule has 66 valence electrons. The number of hydrogen-bond acceptors (Lipinski definition) is 2. The maximum absolute atomic E-state index is 4.40. The molecule has 0 bridgehead atoms. The van der Waals surface area contributed by atoms with Gasteiger partial charge in [0.15, 0.2) is 0 Å². The summed E-state index contributed by atoms with van der Waals surface area (Å²) in [5.74, 6) is 0.812. The molecule has 0 aromatic heterocycles. The minimum absolute atomic E-state index is 0.812. The van der Waals surface area contributed by atoms with E-state index >= 15 is 0 Å². The van der Waals surface area contributed by atoms with Gasteiger partial charge in [-0.1, -0.05) is 0 Å². The lowest BCUT2D eigenvalue weighted by Crippen LogP contribution is -2.28. The zero-order valence-electron chi connectivity index (χ0n) is 7.64. The minimum Gasteiger partial charge on any atom is -0.317 e. The molecule has 2 heteroatoms. The fraction of sp³-hybridized carbons (Fsp3) is 0.700. The van der Waals surface area contributed by atoms with Crippen LogP contribution in [0.4, 0.5) is 0 Å². The first kappa shape index (κ1) is 7.99. The highest BCUT2D eigenvalue weighted by atomic mass is 14.9. The van der Waals surface area contributed by atoms with Crippen molar-refractivity contribution in [2.45, 2.75) is 19.8 Å². The second-order valence-corrected chi connectivity index (χ2v) is 3.70. The third kappa shape index (κ3) is 1.58. The van der Waals surface area contributed by atoms with Crippen molar-refractivity contribution in [1.29, 1.82) is 0 Å². The Hall–Kier alpha value is -0.630. The monoisotopic (exact) mass is 164 g/mol. The molecule has 0 atom stereocenters. The van der Waals surface area contributed by atoms with E-state index in [0.29, 0.717) is 0 Å². The molecule has 0 unspecified atom stereocenters. The minimum atomic E-state index is 0.812. The Kier molecular flexibility index (Phi) is 2.26. The Morgan fingerprint density at radius 3 is 2.75 bits per heavy atom. The maximum Gasteiger partial charge on any atom is 0.0609 e. The van der Waals surface area contributed by atoms with Crippen LogP contribution in [0.5, 0.6) is 0 Å². The van der Waals surface area contributed by atoms with Crippen molar-refractivity contribution >= 4 is 5.71 Å². The lowest BCUT2D eigenvalue weighted by Gasteiger charge is -2.23. The number of allylic oxidation sites excluding steroid dienone is 1. The maximum atomic E-state index is 4.40. The molecule has 0 aromatic rings. The molecule has 0 aromatic carbocycles. The summed E-state index contributed by atoms with van der Waals surface area (Å²) in [6.07, 6.45) is 4.87. The van der Waals surface area contributed by atoms with E-state index in [1.54, 1.807) is 5.57 Å². The van der Waals surface area contributed by atoms with Crippen LogP contribution in [0.25, 0.3) is 0 Å². The van der Waals surface area contributed by atoms with Crippen LogP contribution >= 0.6 is 0 Å². The van der Waals surface area contributed by atoms with Gasteiger partial charge in [0, 0.05) is 5.71 Å². The summed E-state index contributed by atoms with van der Waals surface area (Å²) in [4.78, 5) is 4.40. The summed E-state index contributed by atoms with van der Waals surface area (Å²) in [5, 5.41) is 3.38. The summed E-state index contributed by atoms with van der Waals surface area (Å²) in [7, 11) is 0. The molecular formula is C10H16N2. The first-order valence-electron chi connectivity index (χ1n) is 4.78. The SMILES string of the molecule is CC1=NCC(C2CCNCC2)=C1. The Morgan fingerprint density at radius 2 is 2.17 bits per heavy atom. The van der Waals surface area contributed by atoms with E-state index in [4.69, 9.17) is 0 Å². The van der Waals surface area contributed by atoms with Crippen molar-refractivity contribution in [2.24, 2.45) is 10.9 Å². The highest BCUT2D eigenvalue weighted by Gasteiger charge is 2.19. The topological polar surface area (TPSA) is 24.4 Å². The molecule has 2 rings (SSSR count). The molecule has 0 aliphatic carbocycles. The Bertz CT molecular complexity index is 222. The molecule has 12 heavy (non-hydrogen) atoms. The second-order valence-electron chi connectivity index (χ2n) is 3.70. The van der Waals surface area contributed by atoms with Crippen molar-refractivity contribution in [2.75, 3.05) is 19.6 Å². The van der Waals surface area contributed by atoms with Crippen LogP contribution in [0.1, 0.15) is 19.8 Å². The van der Waals surface area contributed by atoms with E-state index in [2.05, 4.69) is 23.3 Å². The number of aliphatic imine (C=N–C) groups is 1. The van der Waals surface area contributed by atoms with Crippen molar-refractivity contribution in [3.05, 3.63) is 11.6 Å². The van der Waals surface area contributed by atoms with Gasteiger partial charge in [-0.15, -0.1) is 0 Å². The van der Waals surface area contributed by atoms with Gasteiger partial charge in [0.1, 0.15) is 0 Å². The highest BCUT2D eigenvalue weighted by molar-refractivity contribution is 5.95. The van der Waals surface area contributed by atoms with Gasteiger partial charge >= 0.3 is 0 Å². The molecular weight excluding hydrogens is 148 g/mol. The van der Waals surface area contributed by atoms with E-state index in [1.165, 1.54) is 31.6 Å². The van der Waals surface area contributed by atoms with E-state index in [1.807, 2.05) is 0 Å². The Balaban J connectivity index is 1.96. The van der Waals surface area contributed by atoms with Crippen molar-refractivity contribution in [1.82, 2.24) is 5.32 Å². The average molecular weight is 164 g/mol. The quantitative estimate of drug-likeness (QED) is 0.622. The summed E-state index contributed by atoms with van der Waals surface area (Å²) in [6.45, 7) is 5.42. The van der Waals surface area contributed by atoms with E-state index in [-0.39, 0.29) is 0 Å². The predicted octanol–water partition coefficient (Wildman–Crippen LogP) is 1.39. The van der Waals surface area contributed by atoms with Crippen molar-refractivity contribution in [3.8, 4) is 0 Å². The highest BCUT2D eigenvalue weighted by Crippen LogP contribution is 2.24. The number of hydrogen-bond donors (Lipinski definition) is 1. The first-order chi connectivity index (χ1) is 5.86. The van der Waals surface area contributed by atoms with Gasteiger partial charge in [-0.05, 0) is 50.4 Å². The standard InChI is InChI=1S/C10H16N2/c1-8-6-10(7-12-8)9-2-4-11-5-3-9/h6,9,11H,2-5,7H2,1H3. The predicted molar refractivity (Wildman–Crippen MR) is 51.7 cm³/mol. The van der Waals surface area contributed by atoms with Gasteiger partial charge in [-0.2, -0.15) is 0 Å². The van der Waals surface area contributed by atoms with E-state index in [9.17, 15) is 0 Å². The second kappa shape index (κ2) is 3.40. The molecule has 2 heterocycles. The molecule has 1 fully saturated rings. The molecule has 2 nitrogen and oxygen atoms in total. The average Bonchev–Trinajstić information content (AvgIpc) is 2.54. The van der Waals surface area contributed by atoms with Crippen LogP contribution in [0.15, 0.2) is 16.6 Å². The van der Waals surface area contributed by atoms with Crippen molar-refractivity contribution in [3.63, 3.8) is 0 Å². The van der Waals surface area contributed by atoms with Gasteiger partial charge in [0.25, 0.3) is 0 Å². The summed E-state index contributed by atoms with van der Waals surface area (Å²) in [5.41, 5.74) is 2.78. The number of piperidine rings is 1. The van der Waals surface area contributed by atoms with Crippen LogP contribution in [-0.2, 0) is 0 Å². The molecule has 1 saturated heterocycles. The Labute approximate surface area is 73.8 Å². The lowest BCUT2D eigenvalue weighted by molar-refractivity contribution is 0.418.